The lowest BCUT2D eigenvalue weighted by Gasteiger charge is -2.08. The first-order chi connectivity index (χ1) is 9.72. The number of aromatic nitrogens is 1. The van der Waals surface area contributed by atoms with Gasteiger partial charge in [-0.25, -0.2) is 9.37 Å². The van der Waals surface area contributed by atoms with E-state index >= 15 is 0 Å². The third-order valence-corrected chi connectivity index (χ3v) is 2.64. The highest BCUT2D eigenvalue weighted by atomic mass is 19.1. The van der Waals surface area contributed by atoms with Crippen LogP contribution in [0.2, 0.25) is 0 Å². The van der Waals surface area contributed by atoms with Crippen LogP contribution in [0.15, 0.2) is 36.5 Å². The van der Waals surface area contributed by atoms with Gasteiger partial charge < -0.3 is 10.1 Å². The zero-order valence-corrected chi connectivity index (χ0v) is 11.1. The first-order valence-corrected chi connectivity index (χ1v) is 6.24. The summed E-state index contributed by atoms with van der Waals surface area (Å²) in [5, 5.41) is 11.7. The van der Waals surface area contributed by atoms with E-state index in [0.717, 1.165) is 24.0 Å². The van der Waals surface area contributed by atoms with E-state index in [0.29, 0.717) is 0 Å². The SMILES string of the molecule is CCNc1ccc(COc2ccc(C#N)cc2F)cn1. The van der Waals surface area contributed by atoms with Crippen LogP contribution in [0.1, 0.15) is 18.1 Å². The van der Waals surface area contributed by atoms with Crippen LogP contribution >= 0.6 is 0 Å². The van der Waals surface area contributed by atoms with E-state index < -0.39 is 5.82 Å². The number of benzene rings is 1. The Morgan fingerprint density at radius 2 is 2.20 bits per heavy atom. The van der Waals surface area contributed by atoms with Crippen molar-refractivity contribution in [3.05, 3.63) is 53.5 Å². The molecular formula is C15H14FN3O. The molecule has 102 valence electrons. The Morgan fingerprint density at radius 1 is 1.35 bits per heavy atom. The molecule has 0 spiro atoms. The number of ether oxygens (including phenoxy) is 1. The average molecular weight is 271 g/mol. The molecule has 1 N–H and O–H groups in total. The fourth-order valence-corrected chi connectivity index (χ4v) is 1.64. The molecular weight excluding hydrogens is 257 g/mol. The number of anilines is 1. The largest absolute Gasteiger partial charge is 0.486 e. The lowest BCUT2D eigenvalue weighted by Crippen LogP contribution is -2.01. The summed E-state index contributed by atoms with van der Waals surface area (Å²) in [5.74, 6) is 0.377. The summed E-state index contributed by atoms with van der Waals surface area (Å²) in [5.41, 5.74) is 1.11. The van der Waals surface area contributed by atoms with Gasteiger partial charge in [-0.2, -0.15) is 5.26 Å². The molecule has 0 radical (unpaired) electrons. The lowest BCUT2D eigenvalue weighted by atomic mass is 10.2. The number of halogens is 1. The van der Waals surface area contributed by atoms with Gasteiger partial charge in [-0.05, 0) is 31.2 Å². The molecule has 4 nitrogen and oxygen atoms in total. The number of nitrogens with zero attached hydrogens (tertiary/aromatic N) is 2. The lowest BCUT2D eigenvalue weighted by molar-refractivity contribution is 0.290. The van der Waals surface area contributed by atoms with Crippen LogP contribution in [0.3, 0.4) is 0 Å². The minimum Gasteiger partial charge on any atom is -0.486 e. The molecule has 0 aliphatic rings. The van der Waals surface area contributed by atoms with Crippen LogP contribution in [0.5, 0.6) is 5.75 Å². The number of nitriles is 1. The highest BCUT2D eigenvalue weighted by molar-refractivity contribution is 5.37. The standard InChI is InChI=1S/C15H14FN3O/c1-2-18-15-6-4-12(9-19-15)10-20-14-5-3-11(8-17)7-13(14)16/h3-7,9H,2,10H2,1H3,(H,18,19). The van der Waals surface area contributed by atoms with Gasteiger partial charge in [0.1, 0.15) is 12.4 Å². The number of hydrogen-bond acceptors (Lipinski definition) is 4. The fourth-order valence-electron chi connectivity index (χ4n) is 1.64. The Balaban J connectivity index is 2.00. The van der Waals surface area contributed by atoms with E-state index in [4.69, 9.17) is 10.00 Å². The van der Waals surface area contributed by atoms with Crippen molar-refractivity contribution in [1.82, 2.24) is 4.98 Å². The Hall–Kier alpha value is -2.61. The van der Waals surface area contributed by atoms with Crippen LogP contribution in [-0.4, -0.2) is 11.5 Å². The molecule has 0 unspecified atom stereocenters. The van der Waals surface area contributed by atoms with Crippen LogP contribution < -0.4 is 10.1 Å². The predicted molar refractivity (Wildman–Crippen MR) is 73.8 cm³/mol. The maximum Gasteiger partial charge on any atom is 0.166 e. The molecule has 2 rings (SSSR count). The normalized spacial score (nSPS) is 9.85. The van der Waals surface area contributed by atoms with Gasteiger partial charge >= 0.3 is 0 Å². The van der Waals surface area contributed by atoms with Gasteiger partial charge in [0.05, 0.1) is 11.6 Å². The van der Waals surface area contributed by atoms with Crippen molar-refractivity contribution in [3.8, 4) is 11.8 Å². The monoisotopic (exact) mass is 271 g/mol. The van der Waals surface area contributed by atoms with Crippen LogP contribution in [-0.2, 0) is 6.61 Å². The fraction of sp³-hybridized carbons (Fsp3) is 0.200. The summed E-state index contributed by atoms with van der Waals surface area (Å²) in [6, 6.07) is 9.71. The topological polar surface area (TPSA) is 57.9 Å². The first-order valence-electron chi connectivity index (χ1n) is 6.24. The Labute approximate surface area is 116 Å². The molecule has 1 aromatic carbocycles. The first kappa shape index (κ1) is 13.8. The maximum atomic E-state index is 13.6. The highest BCUT2D eigenvalue weighted by Gasteiger charge is 2.05. The van der Waals surface area contributed by atoms with Gasteiger partial charge in [0.2, 0.25) is 0 Å². The zero-order valence-electron chi connectivity index (χ0n) is 11.1. The minimum atomic E-state index is -0.540. The van der Waals surface area contributed by atoms with E-state index in [1.165, 1.54) is 12.1 Å². The Kier molecular flexibility index (Phi) is 4.51. The van der Waals surface area contributed by atoms with Crippen molar-refractivity contribution >= 4 is 5.82 Å². The molecule has 0 saturated heterocycles. The quantitative estimate of drug-likeness (QED) is 0.907. The summed E-state index contributed by atoms with van der Waals surface area (Å²) >= 11 is 0. The van der Waals surface area contributed by atoms with Crippen LogP contribution in [0.4, 0.5) is 10.2 Å². The second kappa shape index (κ2) is 6.53. The molecule has 0 bridgehead atoms. The third-order valence-electron chi connectivity index (χ3n) is 2.64. The number of nitrogens with one attached hydrogen (secondary N) is 1. The van der Waals surface area contributed by atoms with Crippen LogP contribution in [0.25, 0.3) is 0 Å². The van der Waals surface area contributed by atoms with Crippen molar-refractivity contribution in [2.75, 3.05) is 11.9 Å². The summed E-state index contributed by atoms with van der Waals surface area (Å²) in [4.78, 5) is 4.20. The average Bonchev–Trinajstić information content (AvgIpc) is 2.48. The molecule has 0 atom stereocenters. The Morgan fingerprint density at radius 3 is 2.80 bits per heavy atom. The molecule has 20 heavy (non-hydrogen) atoms. The molecule has 0 aliphatic heterocycles. The molecule has 0 fully saturated rings. The number of hydrogen-bond donors (Lipinski definition) is 1. The number of rotatable bonds is 5. The third kappa shape index (κ3) is 3.45. The number of pyridine rings is 1. The van der Waals surface area contributed by atoms with Gasteiger partial charge in [-0.1, -0.05) is 6.07 Å². The van der Waals surface area contributed by atoms with Crippen molar-refractivity contribution in [3.63, 3.8) is 0 Å². The van der Waals surface area contributed by atoms with Crippen molar-refractivity contribution < 1.29 is 9.13 Å². The van der Waals surface area contributed by atoms with Gasteiger partial charge in [0.25, 0.3) is 0 Å². The van der Waals surface area contributed by atoms with Crippen molar-refractivity contribution in [2.45, 2.75) is 13.5 Å². The predicted octanol–water partition coefficient (Wildman–Crippen LogP) is 3.10. The molecule has 5 heteroatoms. The second-order valence-corrected chi connectivity index (χ2v) is 4.13. The second-order valence-electron chi connectivity index (χ2n) is 4.13. The summed E-state index contributed by atoms with van der Waals surface area (Å²) < 4.78 is 19.0. The van der Waals surface area contributed by atoms with Gasteiger partial charge in [-0.15, -0.1) is 0 Å². The van der Waals surface area contributed by atoms with E-state index in [1.807, 2.05) is 25.1 Å². The smallest absolute Gasteiger partial charge is 0.166 e. The van der Waals surface area contributed by atoms with Crippen molar-refractivity contribution in [2.24, 2.45) is 0 Å². The van der Waals surface area contributed by atoms with E-state index in [-0.39, 0.29) is 17.9 Å². The summed E-state index contributed by atoms with van der Waals surface area (Å²) in [6.07, 6.45) is 1.68. The van der Waals surface area contributed by atoms with Crippen LogP contribution in [0, 0.1) is 17.1 Å². The molecule has 0 aliphatic carbocycles. The minimum absolute atomic E-state index is 0.125. The van der Waals surface area contributed by atoms with Gasteiger partial charge in [0.15, 0.2) is 11.6 Å². The molecule has 2 aromatic rings. The zero-order chi connectivity index (χ0) is 14.4. The molecule has 0 amide bonds. The van der Waals surface area contributed by atoms with Crippen molar-refractivity contribution in [1.29, 1.82) is 5.26 Å². The molecule has 0 saturated carbocycles. The van der Waals surface area contributed by atoms with Gasteiger partial charge in [-0.3, -0.25) is 0 Å². The van der Waals surface area contributed by atoms with E-state index in [9.17, 15) is 4.39 Å². The molecule has 1 heterocycles. The summed E-state index contributed by atoms with van der Waals surface area (Å²) in [6.45, 7) is 3.02. The van der Waals surface area contributed by atoms with Gasteiger partial charge in [0, 0.05) is 18.3 Å². The Bertz CT molecular complexity index is 620. The maximum absolute atomic E-state index is 13.6. The van der Waals surface area contributed by atoms with E-state index in [1.54, 1.807) is 6.20 Å². The summed E-state index contributed by atoms with van der Waals surface area (Å²) in [7, 11) is 0. The molecule has 1 aromatic heterocycles. The highest BCUT2D eigenvalue weighted by Crippen LogP contribution is 2.19. The van der Waals surface area contributed by atoms with E-state index in [2.05, 4.69) is 10.3 Å².